The number of piperazine rings is 1. The summed E-state index contributed by atoms with van der Waals surface area (Å²) in [5.74, 6) is 0.142. The second-order valence-corrected chi connectivity index (χ2v) is 9.90. The van der Waals surface area contributed by atoms with Gasteiger partial charge in [0.25, 0.3) is 0 Å². The lowest BCUT2D eigenvalue weighted by atomic mass is 9.62. The minimum atomic E-state index is -0.380. The monoisotopic (exact) mass is 397 g/mol. The highest BCUT2D eigenvalue weighted by Crippen LogP contribution is 2.60. The van der Waals surface area contributed by atoms with Crippen LogP contribution in [0.5, 0.6) is 0 Å². The molecule has 1 aromatic carbocycles. The largest absolute Gasteiger partial charge is 0.301 e. The molecular formula is C24H35N3O2. The number of amides is 2. The van der Waals surface area contributed by atoms with Gasteiger partial charge in [0, 0.05) is 45.2 Å². The molecule has 0 aromatic heterocycles. The van der Waals surface area contributed by atoms with E-state index in [0.29, 0.717) is 6.54 Å². The van der Waals surface area contributed by atoms with Crippen LogP contribution >= 0.6 is 0 Å². The Morgan fingerprint density at radius 2 is 1.59 bits per heavy atom. The first-order valence-electron chi connectivity index (χ1n) is 11.2. The van der Waals surface area contributed by atoms with Crippen LogP contribution in [0.15, 0.2) is 30.3 Å². The van der Waals surface area contributed by atoms with Crippen LogP contribution in [0.25, 0.3) is 0 Å². The van der Waals surface area contributed by atoms with E-state index in [0.717, 1.165) is 58.5 Å². The fourth-order valence-corrected chi connectivity index (χ4v) is 5.58. The van der Waals surface area contributed by atoms with Gasteiger partial charge in [-0.2, -0.15) is 0 Å². The van der Waals surface area contributed by atoms with Crippen molar-refractivity contribution in [3.8, 4) is 0 Å². The van der Waals surface area contributed by atoms with Gasteiger partial charge in [0.2, 0.25) is 11.8 Å². The minimum Gasteiger partial charge on any atom is -0.301 e. The highest BCUT2D eigenvalue weighted by molar-refractivity contribution is 6.03. The standard InChI is InChI=1S/C24H35N3O2/c1-23(2)20-10-11-24(23,3)22(29)27(21(20)28)13-7-12-25-14-16-26(17-15-25)18-19-8-5-4-6-9-19/h4-6,8-9,20H,7,10-18H2,1-3H3/t20-,24+/m0/s1. The van der Waals surface area contributed by atoms with Crippen molar-refractivity contribution in [1.29, 1.82) is 0 Å². The van der Waals surface area contributed by atoms with Crippen LogP contribution in [-0.2, 0) is 16.1 Å². The van der Waals surface area contributed by atoms with Gasteiger partial charge >= 0.3 is 0 Å². The zero-order chi connectivity index (χ0) is 20.6. The fourth-order valence-electron chi connectivity index (χ4n) is 5.58. The van der Waals surface area contributed by atoms with Gasteiger partial charge in [-0.15, -0.1) is 0 Å². The summed E-state index contributed by atoms with van der Waals surface area (Å²) in [5.41, 5.74) is 0.774. The molecule has 2 amide bonds. The first-order valence-corrected chi connectivity index (χ1v) is 11.2. The Morgan fingerprint density at radius 1 is 0.931 bits per heavy atom. The summed E-state index contributed by atoms with van der Waals surface area (Å²) in [4.78, 5) is 32.6. The average Bonchev–Trinajstić information content (AvgIpc) is 2.90. The van der Waals surface area contributed by atoms with Gasteiger partial charge in [0.15, 0.2) is 0 Å². The number of carbonyl (C=O) groups excluding carboxylic acids is 2. The van der Waals surface area contributed by atoms with Gasteiger partial charge in [0.1, 0.15) is 0 Å². The van der Waals surface area contributed by atoms with Crippen molar-refractivity contribution < 1.29 is 9.59 Å². The maximum atomic E-state index is 13.1. The van der Waals surface area contributed by atoms with Gasteiger partial charge in [-0.05, 0) is 36.8 Å². The van der Waals surface area contributed by atoms with Crippen molar-refractivity contribution in [1.82, 2.24) is 14.7 Å². The zero-order valence-electron chi connectivity index (χ0n) is 18.2. The molecular weight excluding hydrogens is 362 g/mol. The third kappa shape index (κ3) is 3.64. The number of rotatable bonds is 6. The second-order valence-electron chi connectivity index (χ2n) is 9.90. The summed E-state index contributed by atoms with van der Waals surface area (Å²) in [6.45, 7) is 13.1. The van der Waals surface area contributed by atoms with E-state index in [1.165, 1.54) is 5.56 Å². The topological polar surface area (TPSA) is 43.9 Å². The summed E-state index contributed by atoms with van der Waals surface area (Å²) in [6, 6.07) is 10.6. The van der Waals surface area contributed by atoms with Crippen molar-refractivity contribution in [2.75, 3.05) is 39.3 Å². The molecule has 1 aromatic rings. The molecule has 5 nitrogen and oxygen atoms in total. The zero-order valence-corrected chi connectivity index (χ0v) is 18.2. The molecule has 0 radical (unpaired) electrons. The van der Waals surface area contributed by atoms with Crippen molar-refractivity contribution in [3.05, 3.63) is 35.9 Å². The SMILES string of the molecule is CC1(C)[C@H]2CC[C@]1(C)C(=O)N(CCCN1CCN(Cc3ccccc3)CC1)C2=O. The van der Waals surface area contributed by atoms with Crippen LogP contribution in [-0.4, -0.2) is 65.8 Å². The molecule has 2 heterocycles. The van der Waals surface area contributed by atoms with Gasteiger partial charge < -0.3 is 4.90 Å². The van der Waals surface area contributed by atoms with Crippen LogP contribution in [0, 0.1) is 16.7 Å². The van der Waals surface area contributed by atoms with Crippen molar-refractivity contribution in [3.63, 3.8) is 0 Å². The smallest absolute Gasteiger partial charge is 0.235 e. The van der Waals surface area contributed by atoms with E-state index in [9.17, 15) is 9.59 Å². The Hall–Kier alpha value is -1.72. The van der Waals surface area contributed by atoms with E-state index in [1.54, 1.807) is 4.90 Å². The Labute approximate surface area is 175 Å². The van der Waals surface area contributed by atoms with Crippen LogP contribution in [0.4, 0.5) is 0 Å². The molecule has 4 rings (SSSR count). The van der Waals surface area contributed by atoms with E-state index < -0.39 is 0 Å². The second kappa shape index (κ2) is 7.84. The summed E-state index contributed by atoms with van der Waals surface area (Å²) >= 11 is 0. The first-order chi connectivity index (χ1) is 13.8. The molecule has 0 spiro atoms. The third-order valence-corrected chi connectivity index (χ3v) is 8.08. The molecule has 2 aliphatic heterocycles. The Bertz CT molecular complexity index is 755. The van der Waals surface area contributed by atoms with E-state index in [2.05, 4.69) is 60.9 Å². The number of hydrogen-bond acceptors (Lipinski definition) is 4. The van der Waals surface area contributed by atoms with E-state index in [-0.39, 0.29) is 28.6 Å². The number of piperidine rings is 1. The van der Waals surface area contributed by atoms with Gasteiger partial charge in [0.05, 0.1) is 5.41 Å². The summed E-state index contributed by atoms with van der Waals surface area (Å²) in [6.07, 6.45) is 2.57. The number of carbonyl (C=O) groups is 2. The number of imide groups is 1. The average molecular weight is 398 g/mol. The molecule has 3 aliphatic rings. The molecule has 2 saturated heterocycles. The molecule has 0 unspecified atom stereocenters. The van der Waals surface area contributed by atoms with Crippen molar-refractivity contribution >= 4 is 11.8 Å². The summed E-state index contributed by atoms with van der Waals surface area (Å²) < 4.78 is 0. The highest BCUT2D eigenvalue weighted by Gasteiger charge is 2.64. The Kier molecular flexibility index (Phi) is 5.56. The third-order valence-electron chi connectivity index (χ3n) is 8.08. The molecule has 5 heteroatoms. The van der Waals surface area contributed by atoms with E-state index in [4.69, 9.17) is 0 Å². The number of hydrogen-bond donors (Lipinski definition) is 0. The number of fused-ring (bicyclic) bond motifs is 2. The molecule has 1 aliphatic carbocycles. The normalized spacial score (nSPS) is 30.2. The van der Waals surface area contributed by atoms with Crippen LogP contribution in [0.2, 0.25) is 0 Å². The Morgan fingerprint density at radius 3 is 2.28 bits per heavy atom. The maximum Gasteiger partial charge on any atom is 0.235 e. The minimum absolute atomic E-state index is 0.00623. The first kappa shape index (κ1) is 20.5. The lowest BCUT2D eigenvalue weighted by Gasteiger charge is -2.47. The maximum absolute atomic E-state index is 13.1. The summed E-state index contributed by atoms with van der Waals surface area (Å²) in [5, 5.41) is 0. The molecule has 1 saturated carbocycles. The predicted octanol–water partition coefficient (Wildman–Crippen LogP) is 3.01. The lowest BCUT2D eigenvalue weighted by molar-refractivity contribution is -0.167. The molecule has 0 N–H and O–H groups in total. The predicted molar refractivity (Wildman–Crippen MR) is 114 cm³/mol. The number of benzene rings is 1. The lowest BCUT2D eigenvalue weighted by Crippen LogP contribution is -2.59. The molecule has 2 atom stereocenters. The van der Waals surface area contributed by atoms with E-state index in [1.807, 2.05) is 0 Å². The van der Waals surface area contributed by atoms with Crippen LogP contribution in [0.3, 0.4) is 0 Å². The molecule has 3 fully saturated rings. The van der Waals surface area contributed by atoms with Gasteiger partial charge in [-0.1, -0.05) is 51.1 Å². The van der Waals surface area contributed by atoms with Gasteiger partial charge in [-0.3, -0.25) is 19.4 Å². The van der Waals surface area contributed by atoms with Gasteiger partial charge in [-0.25, -0.2) is 0 Å². The van der Waals surface area contributed by atoms with Crippen molar-refractivity contribution in [2.24, 2.45) is 16.7 Å². The Balaban J connectivity index is 1.24. The molecule has 2 bridgehead atoms. The number of nitrogens with zero attached hydrogens (tertiary/aromatic N) is 3. The van der Waals surface area contributed by atoms with Crippen LogP contribution in [0.1, 0.15) is 45.6 Å². The van der Waals surface area contributed by atoms with Crippen LogP contribution < -0.4 is 0 Å². The number of likely N-dealkylation sites (tertiary alicyclic amines) is 1. The summed E-state index contributed by atoms with van der Waals surface area (Å²) in [7, 11) is 0. The van der Waals surface area contributed by atoms with E-state index >= 15 is 0 Å². The molecule has 158 valence electrons. The molecule has 29 heavy (non-hydrogen) atoms. The van der Waals surface area contributed by atoms with Crippen molar-refractivity contribution in [2.45, 2.75) is 46.6 Å². The fraction of sp³-hybridized carbons (Fsp3) is 0.667. The quantitative estimate of drug-likeness (QED) is 0.692. The highest BCUT2D eigenvalue weighted by atomic mass is 16.2.